The van der Waals surface area contributed by atoms with Gasteiger partial charge in [-0.2, -0.15) is 0 Å². The maximum absolute atomic E-state index is 12.2. The quantitative estimate of drug-likeness (QED) is 0.873. The average Bonchev–Trinajstić information content (AvgIpc) is 2.45. The van der Waals surface area contributed by atoms with E-state index < -0.39 is 21.9 Å². The third-order valence-electron chi connectivity index (χ3n) is 4.06. The first-order valence-corrected chi connectivity index (χ1v) is 8.67. The molecule has 2 N–H and O–H groups in total. The summed E-state index contributed by atoms with van der Waals surface area (Å²) in [5.41, 5.74) is 0.874. The first kappa shape index (κ1) is 16.0. The number of sulfonamides is 1. The molecule has 1 aromatic carbocycles. The van der Waals surface area contributed by atoms with Gasteiger partial charge >= 0.3 is 5.97 Å². The van der Waals surface area contributed by atoms with Crippen molar-refractivity contribution in [3.63, 3.8) is 0 Å². The fourth-order valence-electron chi connectivity index (χ4n) is 2.86. The van der Waals surface area contributed by atoms with Gasteiger partial charge in [0.1, 0.15) is 0 Å². The molecule has 1 fully saturated rings. The molecule has 0 radical (unpaired) electrons. The highest BCUT2D eigenvalue weighted by Crippen LogP contribution is 2.30. The Morgan fingerprint density at radius 3 is 2.71 bits per heavy atom. The van der Waals surface area contributed by atoms with Crippen LogP contribution in [-0.2, 0) is 14.8 Å². The SMILES string of the molecule is Cc1cccc(S(=O)(=O)NCC2CCCCC2C(=O)O)c1. The zero-order valence-electron chi connectivity index (χ0n) is 12.1. The van der Waals surface area contributed by atoms with Crippen molar-refractivity contribution in [2.24, 2.45) is 11.8 Å². The van der Waals surface area contributed by atoms with Crippen molar-refractivity contribution in [1.82, 2.24) is 4.72 Å². The lowest BCUT2D eigenvalue weighted by Gasteiger charge is -2.28. The molecule has 1 saturated carbocycles. The van der Waals surface area contributed by atoms with Crippen molar-refractivity contribution < 1.29 is 18.3 Å². The molecule has 2 rings (SSSR count). The molecule has 1 aliphatic carbocycles. The maximum Gasteiger partial charge on any atom is 0.306 e. The van der Waals surface area contributed by atoms with Crippen LogP contribution >= 0.6 is 0 Å². The van der Waals surface area contributed by atoms with Crippen molar-refractivity contribution in [3.8, 4) is 0 Å². The smallest absolute Gasteiger partial charge is 0.306 e. The van der Waals surface area contributed by atoms with Crippen molar-refractivity contribution in [2.45, 2.75) is 37.5 Å². The minimum Gasteiger partial charge on any atom is -0.481 e. The first-order valence-electron chi connectivity index (χ1n) is 7.19. The molecule has 0 amide bonds. The van der Waals surface area contributed by atoms with Gasteiger partial charge in [-0.15, -0.1) is 0 Å². The number of aryl methyl sites for hydroxylation is 1. The highest BCUT2D eigenvalue weighted by atomic mass is 32.2. The van der Waals surface area contributed by atoms with E-state index in [4.69, 9.17) is 0 Å². The van der Waals surface area contributed by atoms with Crippen molar-refractivity contribution in [1.29, 1.82) is 0 Å². The van der Waals surface area contributed by atoms with E-state index in [0.29, 0.717) is 6.42 Å². The third kappa shape index (κ3) is 4.04. The summed E-state index contributed by atoms with van der Waals surface area (Å²) in [5, 5.41) is 9.21. The molecular formula is C15H21NO4S. The van der Waals surface area contributed by atoms with Crippen LogP contribution in [0.2, 0.25) is 0 Å². The molecule has 0 bridgehead atoms. The van der Waals surface area contributed by atoms with E-state index in [2.05, 4.69) is 4.72 Å². The van der Waals surface area contributed by atoms with Gasteiger partial charge in [0.05, 0.1) is 10.8 Å². The van der Waals surface area contributed by atoms with Gasteiger partial charge in [0.15, 0.2) is 0 Å². The van der Waals surface area contributed by atoms with Gasteiger partial charge in [0, 0.05) is 6.54 Å². The summed E-state index contributed by atoms with van der Waals surface area (Å²) in [5.74, 6) is -1.40. The van der Waals surface area contributed by atoms with E-state index in [1.165, 1.54) is 0 Å². The highest BCUT2D eigenvalue weighted by molar-refractivity contribution is 7.89. The van der Waals surface area contributed by atoms with Gasteiger partial charge in [-0.1, -0.05) is 25.0 Å². The molecule has 1 aromatic rings. The van der Waals surface area contributed by atoms with E-state index in [0.717, 1.165) is 24.8 Å². The summed E-state index contributed by atoms with van der Waals surface area (Å²) in [7, 11) is -3.57. The second kappa shape index (κ2) is 6.58. The van der Waals surface area contributed by atoms with E-state index in [9.17, 15) is 18.3 Å². The van der Waals surface area contributed by atoms with Crippen molar-refractivity contribution >= 4 is 16.0 Å². The normalized spacial score (nSPS) is 22.9. The van der Waals surface area contributed by atoms with Gasteiger partial charge in [0.2, 0.25) is 10.0 Å². The van der Waals surface area contributed by atoms with E-state index in [1.54, 1.807) is 18.2 Å². The minimum atomic E-state index is -3.57. The van der Waals surface area contributed by atoms with Crippen LogP contribution in [0, 0.1) is 18.8 Å². The number of carboxylic acids is 1. The predicted octanol–water partition coefficient (Wildman–Crippen LogP) is 2.16. The Morgan fingerprint density at radius 2 is 2.05 bits per heavy atom. The molecule has 116 valence electrons. The van der Waals surface area contributed by atoms with Crippen LogP contribution in [0.15, 0.2) is 29.2 Å². The molecule has 0 spiro atoms. The molecule has 2 unspecified atom stereocenters. The van der Waals surface area contributed by atoms with Crippen LogP contribution in [0.25, 0.3) is 0 Å². The van der Waals surface area contributed by atoms with Crippen LogP contribution in [-0.4, -0.2) is 26.0 Å². The van der Waals surface area contributed by atoms with E-state index in [-0.39, 0.29) is 17.4 Å². The lowest BCUT2D eigenvalue weighted by atomic mass is 9.79. The standard InChI is InChI=1S/C15H21NO4S/c1-11-5-4-7-13(9-11)21(19,20)16-10-12-6-2-3-8-14(12)15(17)18/h4-5,7,9,12,14,16H,2-3,6,8,10H2,1H3,(H,17,18). The average molecular weight is 311 g/mol. The lowest BCUT2D eigenvalue weighted by Crippen LogP contribution is -2.37. The Balaban J connectivity index is 2.05. The van der Waals surface area contributed by atoms with Crippen LogP contribution in [0.4, 0.5) is 0 Å². The Labute approximate surface area is 125 Å². The molecule has 2 atom stereocenters. The van der Waals surface area contributed by atoms with Gasteiger partial charge in [-0.05, 0) is 43.4 Å². The Hall–Kier alpha value is -1.40. The Kier molecular flexibility index (Phi) is 5.00. The molecule has 21 heavy (non-hydrogen) atoms. The fraction of sp³-hybridized carbons (Fsp3) is 0.533. The van der Waals surface area contributed by atoms with Crippen LogP contribution in [0.3, 0.4) is 0 Å². The van der Waals surface area contributed by atoms with Crippen LogP contribution in [0.1, 0.15) is 31.2 Å². The Morgan fingerprint density at radius 1 is 1.33 bits per heavy atom. The zero-order chi connectivity index (χ0) is 15.5. The molecule has 0 aromatic heterocycles. The van der Waals surface area contributed by atoms with Gasteiger partial charge in [0.25, 0.3) is 0 Å². The predicted molar refractivity (Wildman–Crippen MR) is 79.5 cm³/mol. The number of benzene rings is 1. The second-order valence-electron chi connectivity index (χ2n) is 5.66. The monoisotopic (exact) mass is 311 g/mol. The summed E-state index contributed by atoms with van der Waals surface area (Å²) >= 11 is 0. The van der Waals surface area contributed by atoms with Crippen LogP contribution in [0.5, 0.6) is 0 Å². The zero-order valence-corrected chi connectivity index (χ0v) is 12.9. The number of aliphatic carboxylic acids is 1. The lowest BCUT2D eigenvalue weighted by molar-refractivity contribution is -0.144. The largest absolute Gasteiger partial charge is 0.481 e. The molecule has 0 heterocycles. The van der Waals surface area contributed by atoms with Crippen LogP contribution < -0.4 is 4.72 Å². The summed E-state index contributed by atoms with van der Waals surface area (Å²) in [6.45, 7) is 2.02. The Bertz CT molecular complexity index is 612. The number of nitrogens with one attached hydrogen (secondary N) is 1. The molecule has 0 aliphatic heterocycles. The number of hydrogen-bond acceptors (Lipinski definition) is 3. The highest BCUT2D eigenvalue weighted by Gasteiger charge is 2.31. The minimum absolute atomic E-state index is 0.129. The van der Waals surface area contributed by atoms with Gasteiger partial charge < -0.3 is 5.11 Å². The molecule has 0 saturated heterocycles. The number of carboxylic acid groups (broad SMARTS) is 1. The summed E-state index contributed by atoms with van der Waals surface area (Å²) in [6, 6.07) is 6.69. The fourth-order valence-corrected chi connectivity index (χ4v) is 4.06. The molecule has 6 heteroatoms. The topological polar surface area (TPSA) is 83.5 Å². The molecule has 5 nitrogen and oxygen atoms in total. The summed E-state index contributed by atoms with van der Waals surface area (Å²) < 4.78 is 27.1. The maximum atomic E-state index is 12.2. The summed E-state index contributed by atoms with van der Waals surface area (Å²) in [4.78, 5) is 11.5. The number of carbonyl (C=O) groups is 1. The third-order valence-corrected chi connectivity index (χ3v) is 5.48. The summed E-state index contributed by atoms with van der Waals surface area (Å²) in [6.07, 6.45) is 3.25. The van der Waals surface area contributed by atoms with Gasteiger partial charge in [-0.3, -0.25) is 4.79 Å². The number of rotatable bonds is 5. The molecule has 1 aliphatic rings. The van der Waals surface area contributed by atoms with Crippen molar-refractivity contribution in [3.05, 3.63) is 29.8 Å². The molecular weight excluding hydrogens is 290 g/mol. The number of hydrogen-bond donors (Lipinski definition) is 2. The van der Waals surface area contributed by atoms with E-state index >= 15 is 0 Å². The second-order valence-corrected chi connectivity index (χ2v) is 7.42. The van der Waals surface area contributed by atoms with Gasteiger partial charge in [-0.25, -0.2) is 13.1 Å². The first-order chi connectivity index (χ1) is 9.90. The van der Waals surface area contributed by atoms with E-state index in [1.807, 2.05) is 13.0 Å². The van der Waals surface area contributed by atoms with Crippen molar-refractivity contribution in [2.75, 3.05) is 6.54 Å².